The predicted octanol–water partition coefficient (Wildman–Crippen LogP) is 3.46. The van der Waals surface area contributed by atoms with Gasteiger partial charge in [0.1, 0.15) is 0 Å². The highest BCUT2D eigenvalue weighted by Crippen LogP contribution is 2.21. The fourth-order valence-electron chi connectivity index (χ4n) is 1.83. The van der Waals surface area contributed by atoms with Crippen LogP contribution in [0.3, 0.4) is 0 Å². The summed E-state index contributed by atoms with van der Waals surface area (Å²) < 4.78 is 0. The van der Waals surface area contributed by atoms with Crippen molar-refractivity contribution in [2.45, 2.75) is 6.04 Å². The van der Waals surface area contributed by atoms with Crippen molar-refractivity contribution < 1.29 is 9.90 Å². The maximum absolute atomic E-state index is 12.2. The molecule has 0 radical (unpaired) electrons. The number of carbonyl (C=O) groups excluding carboxylic acids is 1. The summed E-state index contributed by atoms with van der Waals surface area (Å²) in [6.07, 6.45) is 0. The molecule has 0 spiro atoms. The molecule has 0 aliphatic carbocycles. The van der Waals surface area contributed by atoms with Crippen molar-refractivity contribution in [3.8, 4) is 0 Å². The Morgan fingerprint density at radius 2 is 1.85 bits per heavy atom. The second-order valence-corrected chi connectivity index (χ2v) is 5.09. The van der Waals surface area contributed by atoms with E-state index in [4.69, 9.17) is 23.2 Å². The molecule has 104 valence electrons. The van der Waals surface area contributed by atoms with Crippen LogP contribution in [0.5, 0.6) is 0 Å². The first-order valence-electron chi connectivity index (χ1n) is 6.03. The van der Waals surface area contributed by atoms with Crippen LogP contribution in [0.15, 0.2) is 48.5 Å². The summed E-state index contributed by atoms with van der Waals surface area (Å²) in [4.78, 5) is 12.2. The van der Waals surface area contributed by atoms with Crippen molar-refractivity contribution in [1.82, 2.24) is 5.32 Å². The first-order chi connectivity index (χ1) is 9.61. The van der Waals surface area contributed by atoms with E-state index in [0.717, 1.165) is 5.56 Å². The number of aliphatic hydroxyl groups excluding tert-OH is 1. The molecule has 0 aliphatic rings. The molecule has 0 bridgehead atoms. The van der Waals surface area contributed by atoms with Crippen LogP contribution in [0.1, 0.15) is 22.0 Å². The summed E-state index contributed by atoms with van der Waals surface area (Å²) in [5, 5.41) is 12.9. The molecular weight excluding hydrogens is 297 g/mol. The van der Waals surface area contributed by atoms with E-state index in [-0.39, 0.29) is 18.1 Å². The monoisotopic (exact) mass is 309 g/mol. The Hall–Kier alpha value is -1.55. The average Bonchev–Trinajstić information content (AvgIpc) is 2.48. The zero-order valence-electron chi connectivity index (χ0n) is 10.5. The minimum atomic E-state index is -0.487. The molecule has 0 saturated carbocycles. The van der Waals surface area contributed by atoms with E-state index in [1.54, 1.807) is 12.1 Å². The quantitative estimate of drug-likeness (QED) is 0.908. The van der Waals surface area contributed by atoms with Crippen LogP contribution in [-0.4, -0.2) is 17.6 Å². The lowest BCUT2D eigenvalue weighted by molar-refractivity contribution is 0.0916. The lowest BCUT2D eigenvalue weighted by atomic mass is 10.1. The summed E-state index contributed by atoms with van der Waals surface area (Å²) in [6, 6.07) is 13.4. The third kappa shape index (κ3) is 3.51. The Bertz CT molecular complexity index is 602. The van der Waals surface area contributed by atoms with Gasteiger partial charge in [-0.05, 0) is 23.8 Å². The SMILES string of the molecule is O=C(NC(CO)c1ccccc1)c1cc(Cl)ccc1Cl. The van der Waals surface area contributed by atoms with Gasteiger partial charge in [-0.2, -0.15) is 0 Å². The third-order valence-electron chi connectivity index (χ3n) is 2.86. The predicted molar refractivity (Wildman–Crippen MR) is 80.2 cm³/mol. The van der Waals surface area contributed by atoms with E-state index in [1.165, 1.54) is 6.07 Å². The molecular formula is C15H13Cl2NO2. The smallest absolute Gasteiger partial charge is 0.253 e. The molecule has 2 aromatic carbocycles. The van der Waals surface area contributed by atoms with Gasteiger partial charge in [0, 0.05) is 5.02 Å². The lowest BCUT2D eigenvalue weighted by Crippen LogP contribution is -2.30. The van der Waals surface area contributed by atoms with Crippen LogP contribution >= 0.6 is 23.2 Å². The molecule has 1 atom stereocenters. The number of amides is 1. The summed E-state index contributed by atoms with van der Waals surface area (Å²) in [7, 11) is 0. The minimum Gasteiger partial charge on any atom is -0.394 e. The van der Waals surface area contributed by atoms with Gasteiger partial charge in [-0.15, -0.1) is 0 Å². The van der Waals surface area contributed by atoms with Gasteiger partial charge >= 0.3 is 0 Å². The second-order valence-electron chi connectivity index (χ2n) is 4.24. The fraction of sp³-hybridized carbons (Fsp3) is 0.133. The van der Waals surface area contributed by atoms with E-state index < -0.39 is 6.04 Å². The lowest BCUT2D eigenvalue weighted by Gasteiger charge is -2.17. The summed E-state index contributed by atoms with van der Waals surface area (Å²) in [6.45, 7) is -0.200. The number of hydrogen-bond donors (Lipinski definition) is 2. The van der Waals surface area contributed by atoms with E-state index in [9.17, 15) is 9.90 Å². The average molecular weight is 310 g/mol. The number of hydrogen-bond acceptors (Lipinski definition) is 2. The van der Waals surface area contributed by atoms with Gasteiger partial charge in [0.15, 0.2) is 0 Å². The van der Waals surface area contributed by atoms with Gasteiger partial charge in [0.05, 0.1) is 23.2 Å². The van der Waals surface area contributed by atoms with Crippen molar-refractivity contribution >= 4 is 29.1 Å². The number of nitrogens with one attached hydrogen (secondary N) is 1. The maximum Gasteiger partial charge on any atom is 0.253 e. The Morgan fingerprint density at radius 1 is 1.15 bits per heavy atom. The van der Waals surface area contributed by atoms with Crippen LogP contribution in [0.25, 0.3) is 0 Å². The summed E-state index contributed by atoms with van der Waals surface area (Å²) in [5.41, 5.74) is 1.11. The number of aliphatic hydroxyl groups is 1. The molecule has 2 aromatic rings. The van der Waals surface area contributed by atoms with E-state index in [0.29, 0.717) is 10.0 Å². The highest BCUT2D eigenvalue weighted by Gasteiger charge is 2.17. The highest BCUT2D eigenvalue weighted by molar-refractivity contribution is 6.35. The molecule has 0 aromatic heterocycles. The van der Waals surface area contributed by atoms with Gasteiger partial charge in [0.25, 0.3) is 5.91 Å². The standard InChI is InChI=1S/C15H13Cl2NO2/c16-11-6-7-13(17)12(8-11)15(20)18-14(9-19)10-4-2-1-3-5-10/h1-8,14,19H,9H2,(H,18,20). The second kappa shape index (κ2) is 6.75. The molecule has 2 N–H and O–H groups in total. The molecule has 0 aliphatic heterocycles. The Morgan fingerprint density at radius 3 is 2.50 bits per heavy atom. The van der Waals surface area contributed by atoms with E-state index in [1.807, 2.05) is 30.3 Å². The van der Waals surface area contributed by atoms with Crippen LogP contribution in [-0.2, 0) is 0 Å². The summed E-state index contributed by atoms with van der Waals surface area (Å²) >= 11 is 11.8. The molecule has 0 heterocycles. The molecule has 1 amide bonds. The summed E-state index contributed by atoms with van der Waals surface area (Å²) in [5.74, 6) is -0.375. The normalized spacial score (nSPS) is 11.9. The van der Waals surface area contributed by atoms with Gasteiger partial charge in [-0.3, -0.25) is 4.79 Å². The first kappa shape index (κ1) is 14.9. The zero-order chi connectivity index (χ0) is 14.5. The van der Waals surface area contributed by atoms with Crippen LogP contribution in [0.2, 0.25) is 10.0 Å². The Balaban J connectivity index is 2.20. The Kier molecular flexibility index (Phi) is 5.01. The fourth-order valence-corrected chi connectivity index (χ4v) is 2.20. The van der Waals surface area contributed by atoms with Crippen molar-refractivity contribution in [3.63, 3.8) is 0 Å². The van der Waals surface area contributed by atoms with Crippen molar-refractivity contribution in [2.75, 3.05) is 6.61 Å². The number of benzene rings is 2. The molecule has 0 saturated heterocycles. The van der Waals surface area contributed by atoms with Gasteiger partial charge in [-0.1, -0.05) is 53.5 Å². The van der Waals surface area contributed by atoms with E-state index >= 15 is 0 Å². The van der Waals surface area contributed by atoms with Crippen LogP contribution in [0, 0.1) is 0 Å². The van der Waals surface area contributed by atoms with Crippen molar-refractivity contribution in [2.24, 2.45) is 0 Å². The van der Waals surface area contributed by atoms with Crippen LogP contribution < -0.4 is 5.32 Å². The topological polar surface area (TPSA) is 49.3 Å². The molecule has 2 rings (SSSR count). The zero-order valence-corrected chi connectivity index (χ0v) is 12.0. The number of carbonyl (C=O) groups is 1. The van der Waals surface area contributed by atoms with Crippen molar-refractivity contribution in [1.29, 1.82) is 0 Å². The van der Waals surface area contributed by atoms with Crippen molar-refractivity contribution in [3.05, 3.63) is 69.7 Å². The maximum atomic E-state index is 12.2. The largest absolute Gasteiger partial charge is 0.394 e. The van der Waals surface area contributed by atoms with Gasteiger partial charge < -0.3 is 10.4 Å². The van der Waals surface area contributed by atoms with Gasteiger partial charge in [0.2, 0.25) is 0 Å². The Labute approximate surface area is 127 Å². The molecule has 0 fully saturated rings. The molecule has 3 nitrogen and oxygen atoms in total. The van der Waals surface area contributed by atoms with Crippen LogP contribution in [0.4, 0.5) is 0 Å². The molecule has 1 unspecified atom stereocenters. The first-order valence-corrected chi connectivity index (χ1v) is 6.79. The van der Waals surface area contributed by atoms with Gasteiger partial charge in [-0.25, -0.2) is 0 Å². The third-order valence-corrected chi connectivity index (χ3v) is 3.43. The molecule has 20 heavy (non-hydrogen) atoms. The highest BCUT2D eigenvalue weighted by atomic mass is 35.5. The number of halogens is 2. The minimum absolute atomic E-state index is 0.200. The number of rotatable bonds is 4. The molecule has 5 heteroatoms. The van der Waals surface area contributed by atoms with E-state index in [2.05, 4.69) is 5.32 Å².